The van der Waals surface area contributed by atoms with Crippen molar-refractivity contribution in [3.63, 3.8) is 0 Å². The molecule has 0 bridgehead atoms. The first-order valence-corrected chi connectivity index (χ1v) is 6.62. The molecule has 3 N–H and O–H groups in total. The van der Waals surface area contributed by atoms with Gasteiger partial charge >= 0.3 is 5.69 Å². The summed E-state index contributed by atoms with van der Waals surface area (Å²) in [5.41, 5.74) is 0.906. The Kier molecular flexibility index (Phi) is 4.28. The summed E-state index contributed by atoms with van der Waals surface area (Å²) in [7, 11) is 0. The van der Waals surface area contributed by atoms with Crippen LogP contribution in [0.4, 0.5) is 5.69 Å². The van der Waals surface area contributed by atoms with E-state index in [1.54, 1.807) is 25.1 Å². The van der Waals surface area contributed by atoms with Gasteiger partial charge in [-0.3, -0.25) is 14.6 Å². The number of carbonyl (C=O) groups is 1. The number of aromatic nitrogens is 2. The number of halogens is 1. The van der Waals surface area contributed by atoms with Crippen LogP contribution in [-0.4, -0.2) is 15.9 Å². The van der Waals surface area contributed by atoms with Crippen molar-refractivity contribution in [1.29, 1.82) is 0 Å². The Morgan fingerprint density at radius 3 is 2.57 bits per heavy atom. The van der Waals surface area contributed by atoms with Gasteiger partial charge in [0.1, 0.15) is 0 Å². The quantitative estimate of drug-likeness (QED) is 0.802. The van der Waals surface area contributed by atoms with Crippen LogP contribution in [0.5, 0.6) is 0 Å². The zero-order chi connectivity index (χ0) is 15.6. The molecule has 0 fully saturated rings. The highest BCUT2D eigenvalue weighted by Crippen LogP contribution is 2.20. The molecule has 0 unspecified atom stereocenters. The number of H-pyrrole nitrogens is 2. The molecule has 1 aromatic heterocycles. The number of anilines is 1. The van der Waals surface area contributed by atoms with E-state index >= 15 is 0 Å². The normalized spacial score (nSPS) is 10.4. The van der Waals surface area contributed by atoms with E-state index in [0.717, 1.165) is 5.56 Å². The van der Waals surface area contributed by atoms with Crippen molar-refractivity contribution in [2.24, 2.45) is 0 Å². The van der Waals surface area contributed by atoms with Crippen molar-refractivity contribution in [3.05, 3.63) is 60.9 Å². The third-order valence-electron chi connectivity index (χ3n) is 3.05. The number of carbonyl (C=O) groups excluding carboxylic acids is 1. The van der Waals surface area contributed by atoms with Crippen LogP contribution in [0.1, 0.15) is 16.8 Å². The van der Waals surface area contributed by atoms with Crippen molar-refractivity contribution >= 4 is 23.2 Å². The second kappa shape index (κ2) is 5.97. The Labute approximate surface area is 125 Å². The molecule has 0 saturated carbocycles. The summed E-state index contributed by atoms with van der Waals surface area (Å²) in [6.45, 7) is 3.43. The first-order chi connectivity index (χ1) is 9.86. The van der Waals surface area contributed by atoms with Gasteiger partial charge in [-0.1, -0.05) is 17.7 Å². The molecule has 1 aromatic carbocycles. The number of hydrogen-bond acceptors (Lipinski definition) is 3. The average Bonchev–Trinajstić information content (AvgIpc) is 2.38. The largest absolute Gasteiger partial charge is 0.326 e. The Bertz CT molecular complexity index is 808. The molecule has 2 aromatic rings. The molecule has 1 amide bonds. The van der Waals surface area contributed by atoms with Gasteiger partial charge in [-0.15, -0.1) is 0 Å². The van der Waals surface area contributed by atoms with Gasteiger partial charge in [-0.25, -0.2) is 4.79 Å². The van der Waals surface area contributed by atoms with Crippen LogP contribution in [0.15, 0.2) is 27.8 Å². The lowest BCUT2D eigenvalue weighted by Crippen LogP contribution is -2.29. The number of benzene rings is 1. The van der Waals surface area contributed by atoms with Crippen molar-refractivity contribution in [1.82, 2.24) is 9.97 Å². The van der Waals surface area contributed by atoms with Crippen molar-refractivity contribution in [3.8, 4) is 0 Å². The summed E-state index contributed by atoms with van der Waals surface area (Å²) in [5, 5.41) is 3.21. The van der Waals surface area contributed by atoms with E-state index in [1.807, 2.05) is 6.92 Å². The lowest BCUT2D eigenvalue weighted by molar-refractivity contribution is -0.115. The van der Waals surface area contributed by atoms with Crippen molar-refractivity contribution in [2.45, 2.75) is 20.3 Å². The van der Waals surface area contributed by atoms with E-state index < -0.39 is 11.2 Å². The Morgan fingerprint density at radius 1 is 1.24 bits per heavy atom. The molecule has 0 aliphatic rings. The Morgan fingerprint density at radius 2 is 1.95 bits per heavy atom. The summed E-state index contributed by atoms with van der Waals surface area (Å²) in [6.07, 6.45) is -0.135. The van der Waals surface area contributed by atoms with Crippen LogP contribution in [0.25, 0.3) is 0 Å². The number of nitrogens with one attached hydrogen (secondary N) is 3. The highest BCUT2D eigenvalue weighted by atomic mass is 35.5. The van der Waals surface area contributed by atoms with E-state index in [0.29, 0.717) is 16.4 Å². The van der Waals surface area contributed by atoms with Gasteiger partial charge in [0.25, 0.3) is 5.56 Å². The zero-order valence-corrected chi connectivity index (χ0v) is 12.3. The summed E-state index contributed by atoms with van der Waals surface area (Å²) in [4.78, 5) is 39.3. The van der Waals surface area contributed by atoms with Gasteiger partial charge in [-0.05, 0) is 31.5 Å². The highest BCUT2D eigenvalue weighted by Gasteiger charge is 2.11. The van der Waals surface area contributed by atoms with E-state index in [-0.39, 0.29) is 17.9 Å². The number of aryl methyl sites for hydroxylation is 2. The van der Waals surface area contributed by atoms with E-state index in [2.05, 4.69) is 15.3 Å². The second-order valence-corrected chi connectivity index (χ2v) is 5.11. The lowest BCUT2D eigenvalue weighted by atomic mass is 10.1. The van der Waals surface area contributed by atoms with E-state index in [1.165, 1.54) is 0 Å². The van der Waals surface area contributed by atoms with Crippen LogP contribution in [-0.2, 0) is 11.2 Å². The molecule has 6 nitrogen and oxygen atoms in total. The summed E-state index contributed by atoms with van der Waals surface area (Å²) >= 11 is 5.98. The van der Waals surface area contributed by atoms with E-state index in [9.17, 15) is 14.4 Å². The number of aromatic amines is 2. The van der Waals surface area contributed by atoms with Crippen LogP contribution >= 0.6 is 11.6 Å². The average molecular weight is 308 g/mol. The van der Waals surface area contributed by atoms with Gasteiger partial charge < -0.3 is 10.3 Å². The molecule has 0 aliphatic heterocycles. The molecule has 0 spiro atoms. The van der Waals surface area contributed by atoms with Gasteiger partial charge in [0.15, 0.2) is 0 Å². The minimum absolute atomic E-state index is 0.135. The van der Waals surface area contributed by atoms with Crippen LogP contribution in [0.3, 0.4) is 0 Å². The van der Waals surface area contributed by atoms with Crippen molar-refractivity contribution < 1.29 is 4.79 Å². The smallest absolute Gasteiger partial charge is 0.325 e. The minimum atomic E-state index is -0.591. The molecule has 110 valence electrons. The number of hydrogen-bond donors (Lipinski definition) is 3. The van der Waals surface area contributed by atoms with Gasteiger partial charge in [0, 0.05) is 22.0 Å². The standard InChI is InChI=1S/C14H14ClN3O3/c1-7-3-4-9(5-11(7)15)17-12(19)6-10-8(2)16-14(21)18-13(10)20/h3-5H,6H2,1-2H3,(H,17,19)(H2,16,18,20,21). The Hall–Kier alpha value is -2.34. The molecule has 0 radical (unpaired) electrons. The summed E-state index contributed by atoms with van der Waals surface area (Å²) in [5.74, 6) is -0.365. The van der Waals surface area contributed by atoms with Crippen LogP contribution in [0, 0.1) is 13.8 Å². The number of amides is 1. The predicted molar refractivity (Wildman–Crippen MR) is 80.9 cm³/mol. The summed E-state index contributed by atoms with van der Waals surface area (Å²) < 4.78 is 0. The molecule has 2 rings (SSSR count). The highest BCUT2D eigenvalue weighted by molar-refractivity contribution is 6.31. The van der Waals surface area contributed by atoms with Crippen LogP contribution < -0.4 is 16.6 Å². The monoisotopic (exact) mass is 307 g/mol. The molecule has 0 saturated heterocycles. The van der Waals surface area contributed by atoms with Crippen molar-refractivity contribution in [2.75, 3.05) is 5.32 Å². The Balaban J connectivity index is 2.17. The van der Waals surface area contributed by atoms with Crippen LogP contribution in [0.2, 0.25) is 5.02 Å². The van der Waals surface area contributed by atoms with Gasteiger partial charge in [0.2, 0.25) is 5.91 Å². The fourth-order valence-electron chi connectivity index (χ4n) is 1.88. The molecule has 21 heavy (non-hydrogen) atoms. The third-order valence-corrected chi connectivity index (χ3v) is 3.45. The zero-order valence-electron chi connectivity index (χ0n) is 11.5. The first kappa shape index (κ1) is 15.1. The second-order valence-electron chi connectivity index (χ2n) is 4.70. The third kappa shape index (κ3) is 3.61. The molecule has 0 aliphatic carbocycles. The molecular formula is C14H14ClN3O3. The SMILES string of the molecule is Cc1ccc(NC(=O)Cc2c(C)[nH]c(=O)[nH]c2=O)cc1Cl. The van der Waals surface area contributed by atoms with Gasteiger partial charge in [-0.2, -0.15) is 0 Å². The topological polar surface area (TPSA) is 94.8 Å². The summed E-state index contributed by atoms with van der Waals surface area (Å²) in [6, 6.07) is 5.15. The maximum absolute atomic E-state index is 12.0. The first-order valence-electron chi connectivity index (χ1n) is 6.25. The minimum Gasteiger partial charge on any atom is -0.326 e. The fourth-order valence-corrected chi connectivity index (χ4v) is 2.06. The maximum atomic E-state index is 12.0. The number of rotatable bonds is 3. The molecule has 1 heterocycles. The predicted octanol–water partition coefficient (Wildman–Crippen LogP) is 1.51. The van der Waals surface area contributed by atoms with E-state index in [4.69, 9.17) is 11.6 Å². The maximum Gasteiger partial charge on any atom is 0.325 e. The molecular weight excluding hydrogens is 294 g/mol. The molecule has 7 heteroatoms. The van der Waals surface area contributed by atoms with Gasteiger partial charge in [0.05, 0.1) is 6.42 Å². The molecule has 0 atom stereocenters. The lowest BCUT2D eigenvalue weighted by Gasteiger charge is -2.07. The fraction of sp³-hybridized carbons (Fsp3) is 0.214.